The number of hydrazone groups is 1. The van der Waals surface area contributed by atoms with Crippen molar-refractivity contribution < 1.29 is 14.8 Å². The van der Waals surface area contributed by atoms with Gasteiger partial charge in [0, 0.05) is 17.7 Å². The van der Waals surface area contributed by atoms with Crippen molar-refractivity contribution in [1.82, 2.24) is 5.43 Å². The van der Waals surface area contributed by atoms with E-state index in [1.54, 1.807) is 37.3 Å². The van der Waals surface area contributed by atoms with Crippen LogP contribution >= 0.6 is 0 Å². The Morgan fingerprint density at radius 1 is 1.12 bits per heavy atom. The fraction of sp³-hybridized carbons (Fsp3) is 0.0526. The zero-order valence-corrected chi connectivity index (χ0v) is 13.8. The summed E-state index contributed by atoms with van der Waals surface area (Å²) in [7, 11) is 0. The lowest BCUT2D eigenvalue weighted by Gasteiger charge is -2.08. The van der Waals surface area contributed by atoms with Crippen LogP contribution in [0.4, 0.5) is 5.69 Å². The predicted molar refractivity (Wildman–Crippen MR) is 98.4 cm³/mol. The smallest absolute Gasteiger partial charge is 0.275 e. The van der Waals surface area contributed by atoms with E-state index in [9.17, 15) is 20.0 Å². The average molecular weight is 349 g/mol. The number of nitrogens with one attached hydrogen (secondary N) is 1. The first-order chi connectivity index (χ1) is 12.5. The number of hydrogen-bond donors (Lipinski definition) is 2. The van der Waals surface area contributed by atoms with Gasteiger partial charge in [0.2, 0.25) is 0 Å². The van der Waals surface area contributed by atoms with Gasteiger partial charge in [-0.05, 0) is 23.8 Å². The summed E-state index contributed by atoms with van der Waals surface area (Å²) in [5.41, 5.74) is 3.38. The third kappa shape index (κ3) is 3.36. The van der Waals surface area contributed by atoms with Crippen molar-refractivity contribution >= 4 is 28.1 Å². The molecule has 0 aliphatic rings. The van der Waals surface area contributed by atoms with Gasteiger partial charge in [-0.15, -0.1) is 0 Å². The lowest BCUT2D eigenvalue weighted by Crippen LogP contribution is -2.20. The molecule has 0 saturated carbocycles. The Kier molecular flexibility index (Phi) is 4.62. The summed E-state index contributed by atoms with van der Waals surface area (Å²) in [6, 6.07) is 16.3. The quantitative estimate of drug-likeness (QED) is 0.426. The lowest BCUT2D eigenvalue weighted by atomic mass is 10.0. The number of phenolic OH excluding ortho intramolecular Hbond substituents is 1. The minimum atomic E-state index is -0.566. The van der Waals surface area contributed by atoms with E-state index in [-0.39, 0.29) is 17.0 Å². The summed E-state index contributed by atoms with van der Waals surface area (Å²) in [6.45, 7) is 1.63. The first-order valence-corrected chi connectivity index (χ1v) is 7.77. The molecule has 3 rings (SSSR count). The number of nitro groups is 1. The van der Waals surface area contributed by atoms with Crippen LogP contribution in [0.25, 0.3) is 10.8 Å². The second-order valence-corrected chi connectivity index (χ2v) is 5.63. The van der Waals surface area contributed by atoms with E-state index in [1.807, 2.05) is 12.1 Å². The fourth-order valence-corrected chi connectivity index (χ4v) is 2.60. The van der Waals surface area contributed by atoms with Crippen LogP contribution in [-0.4, -0.2) is 21.6 Å². The SMILES string of the molecule is CC(=NNC(=O)c1c(O)ccc2ccccc12)c1cccc([N+](=O)[O-])c1. The molecule has 0 aliphatic carbocycles. The van der Waals surface area contributed by atoms with Crippen molar-refractivity contribution in [3.8, 4) is 5.75 Å². The van der Waals surface area contributed by atoms with Crippen LogP contribution in [-0.2, 0) is 0 Å². The Hall–Kier alpha value is -3.74. The van der Waals surface area contributed by atoms with Gasteiger partial charge in [-0.3, -0.25) is 14.9 Å². The second-order valence-electron chi connectivity index (χ2n) is 5.63. The number of benzene rings is 3. The number of non-ortho nitro benzene ring substituents is 1. The van der Waals surface area contributed by atoms with Crippen molar-refractivity contribution in [1.29, 1.82) is 0 Å². The van der Waals surface area contributed by atoms with E-state index in [0.29, 0.717) is 16.7 Å². The van der Waals surface area contributed by atoms with Gasteiger partial charge >= 0.3 is 0 Å². The molecule has 2 N–H and O–H groups in total. The molecule has 0 unspecified atom stereocenters. The molecule has 0 spiro atoms. The van der Waals surface area contributed by atoms with Crippen molar-refractivity contribution in [2.45, 2.75) is 6.92 Å². The van der Waals surface area contributed by atoms with Crippen LogP contribution in [0.5, 0.6) is 5.75 Å². The van der Waals surface area contributed by atoms with Gasteiger partial charge in [-0.25, -0.2) is 5.43 Å². The van der Waals surface area contributed by atoms with Crippen molar-refractivity contribution in [2.24, 2.45) is 5.10 Å². The van der Waals surface area contributed by atoms with Gasteiger partial charge in [-0.2, -0.15) is 5.10 Å². The highest BCUT2D eigenvalue weighted by Gasteiger charge is 2.15. The van der Waals surface area contributed by atoms with Crippen LogP contribution < -0.4 is 5.43 Å². The number of aromatic hydroxyl groups is 1. The van der Waals surface area contributed by atoms with Crippen molar-refractivity contribution in [3.63, 3.8) is 0 Å². The van der Waals surface area contributed by atoms with E-state index in [1.165, 1.54) is 18.2 Å². The molecular formula is C19H15N3O4. The number of nitrogens with zero attached hydrogens (tertiary/aromatic N) is 2. The number of carbonyl (C=O) groups excluding carboxylic acids is 1. The number of rotatable bonds is 4. The molecule has 0 radical (unpaired) electrons. The minimum Gasteiger partial charge on any atom is -0.507 e. The molecule has 0 saturated heterocycles. The Bertz CT molecular complexity index is 1040. The molecule has 7 heteroatoms. The largest absolute Gasteiger partial charge is 0.507 e. The monoisotopic (exact) mass is 349 g/mol. The molecule has 1 amide bonds. The third-order valence-corrected chi connectivity index (χ3v) is 3.93. The zero-order chi connectivity index (χ0) is 18.7. The van der Waals surface area contributed by atoms with E-state index in [4.69, 9.17) is 0 Å². The van der Waals surface area contributed by atoms with Gasteiger partial charge in [0.05, 0.1) is 16.2 Å². The lowest BCUT2D eigenvalue weighted by molar-refractivity contribution is -0.384. The molecule has 130 valence electrons. The first-order valence-electron chi connectivity index (χ1n) is 7.77. The number of hydrogen-bond acceptors (Lipinski definition) is 5. The summed E-state index contributed by atoms with van der Waals surface area (Å²) in [5, 5.41) is 26.4. The number of nitro benzene ring substituents is 1. The van der Waals surface area contributed by atoms with Gasteiger partial charge in [-0.1, -0.05) is 42.5 Å². The van der Waals surface area contributed by atoms with Crippen LogP contribution in [0, 0.1) is 10.1 Å². The molecule has 7 nitrogen and oxygen atoms in total. The minimum absolute atomic E-state index is 0.0601. The maximum Gasteiger partial charge on any atom is 0.275 e. The standard InChI is InChI=1S/C19H15N3O4/c1-12(14-6-4-7-15(11-14)22(25)26)20-21-19(24)18-16-8-3-2-5-13(16)9-10-17(18)23/h2-11,23H,1H3,(H,21,24). The third-order valence-electron chi connectivity index (χ3n) is 3.93. The number of carbonyl (C=O) groups is 1. The van der Waals surface area contributed by atoms with Crippen LogP contribution in [0.2, 0.25) is 0 Å². The Morgan fingerprint density at radius 3 is 2.65 bits per heavy atom. The van der Waals surface area contributed by atoms with Crippen molar-refractivity contribution in [3.05, 3.63) is 81.9 Å². The summed E-state index contributed by atoms with van der Waals surface area (Å²) in [4.78, 5) is 22.9. The molecule has 0 bridgehead atoms. The summed E-state index contributed by atoms with van der Waals surface area (Å²) in [6.07, 6.45) is 0. The molecule has 0 heterocycles. The van der Waals surface area contributed by atoms with E-state index < -0.39 is 10.8 Å². The van der Waals surface area contributed by atoms with Gasteiger partial charge < -0.3 is 5.11 Å². The second kappa shape index (κ2) is 7.02. The van der Waals surface area contributed by atoms with Crippen molar-refractivity contribution in [2.75, 3.05) is 0 Å². The molecular weight excluding hydrogens is 334 g/mol. The maximum atomic E-state index is 12.5. The summed E-state index contributed by atoms with van der Waals surface area (Å²) in [5.74, 6) is -0.714. The Labute approximate surface area is 148 Å². The van der Waals surface area contributed by atoms with E-state index >= 15 is 0 Å². The Morgan fingerprint density at radius 2 is 1.88 bits per heavy atom. The summed E-state index contributed by atoms with van der Waals surface area (Å²) >= 11 is 0. The fourth-order valence-electron chi connectivity index (χ4n) is 2.60. The molecule has 0 aromatic heterocycles. The molecule has 26 heavy (non-hydrogen) atoms. The topological polar surface area (TPSA) is 105 Å². The van der Waals surface area contributed by atoms with Crippen LogP contribution in [0.15, 0.2) is 65.8 Å². The van der Waals surface area contributed by atoms with Gasteiger partial charge in [0.15, 0.2) is 0 Å². The molecule has 3 aromatic rings. The Balaban J connectivity index is 1.89. The molecule has 0 fully saturated rings. The van der Waals surface area contributed by atoms with Gasteiger partial charge in [0.25, 0.3) is 11.6 Å². The van der Waals surface area contributed by atoms with E-state index in [2.05, 4.69) is 10.5 Å². The highest BCUT2D eigenvalue weighted by Crippen LogP contribution is 2.26. The molecule has 0 aliphatic heterocycles. The van der Waals surface area contributed by atoms with E-state index in [0.717, 1.165) is 5.39 Å². The molecule has 0 atom stereocenters. The number of phenols is 1. The number of amides is 1. The first kappa shape index (κ1) is 17.1. The molecule has 3 aromatic carbocycles. The highest BCUT2D eigenvalue weighted by atomic mass is 16.6. The van der Waals surface area contributed by atoms with Crippen LogP contribution in [0.3, 0.4) is 0 Å². The predicted octanol–water partition coefficient (Wildman–Crippen LogP) is 3.61. The number of fused-ring (bicyclic) bond motifs is 1. The maximum absolute atomic E-state index is 12.5. The average Bonchev–Trinajstić information content (AvgIpc) is 2.65. The highest BCUT2D eigenvalue weighted by molar-refractivity contribution is 6.10. The normalized spacial score (nSPS) is 11.3. The van der Waals surface area contributed by atoms with Gasteiger partial charge in [0.1, 0.15) is 5.75 Å². The van der Waals surface area contributed by atoms with Crippen LogP contribution in [0.1, 0.15) is 22.8 Å². The summed E-state index contributed by atoms with van der Waals surface area (Å²) < 4.78 is 0. The zero-order valence-electron chi connectivity index (χ0n) is 13.8.